The molecule has 0 aliphatic carbocycles. The molecule has 0 saturated heterocycles. The molecule has 3 aromatic carbocycles. The zero-order valence-electron chi connectivity index (χ0n) is 20.1. The third-order valence-corrected chi connectivity index (χ3v) is 8.71. The summed E-state index contributed by atoms with van der Waals surface area (Å²) in [7, 11) is -3.99. The van der Waals surface area contributed by atoms with Gasteiger partial charge in [0.15, 0.2) is 11.6 Å². The van der Waals surface area contributed by atoms with Crippen molar-refractivity contribution in [2.75, 3.05) is 0 Å². The van der Waals surface area contributed by atoms with Gasteiger partial charge in [0.25, 0.3) is 10.0 Å². The first kappa shape index (κ1) is 27.7. The van der Waals surface area contributed by atoms with Crippen molar-refractivity contribution in [2.24, 2.45) is 0 Å². The Bertz CT molecular complexity index is 1520. The summed E-state index contributed by atoms with van der Waals surface area (Å²) >= 11 is 6.92. The normalized spacial score (nSPS) is 11.8. The van der Waals surface area contributed by atoms with E-state index in [0.717, 1.165) is 0 Å². The summed E-state index contributed by atoms with van der Waals surface area (Å²) in [6.45, 7) is 0. The summed E-state index contributed by atoms with van der Waals surface area (Å²) in [5.74, 6) is -0.444. The molecule has 0 amide bonds. The van der Waals surface area contributed by atoms with Crippen LogP contribution in [0, 0.1) is 0 Å². The lowest BCUT2D eigenvalue weighted by Gasteiger charge is -2.13. The smallest absolute Gasteiger partial charge is 0.268 e. The van der Waals surface area contributed by atoms with Gasteiger partial charge in [0.05, 0.1) is 16.3 Å². The summed E-state index contributed by atoms with van der Waals surface area (Å²) in [4.78, 5) is 25.8. The second kappa shape index (κ2) is 12.5. The fraction of sp³-hybridized carbons (Fsp3) is 0.0667. The van der Waals surface area contributed by atoms with Gasteiger partial charge >= 0.3 is 0 Å². The molecule has 0 bridgehead atoms. The number of halogens is 2. The number of rotatable bonds is 10. The maximum Gasteiger partial charge on any atom is 0.268 e. The average molecular weight is 653 g/mol. The minimum atomic E-state index is -3.99. The highest BCUT2D eigenvalue weighted by atomic mass is 79.9. The van der Waals surface area contributed by atoms with Crippen molar-refractivity contribution >= 4 is 65.6 Å². The molecule has 0 saturated carbocycles. The highest BCUT2D eigenvalue weighted by molar-refractivity contribution is 9.08. The second-order valence-corrected chi connectivity index (χ2v) is 11.1. The molecule has 4 aromatic rings. The molecule has 0 radical (unpaired) electrons. The molecule has 8 heteroatoms. The number of nitrogens with zero attached hydrogens (tertiary/aromatic N) is 1. The van der Waals surface area contributed by atoms with E-state index in [4.69, 9.17) is 0 Å². The molecular formula is C30H23Br2NO4S. The Hall–Kier alpha value is -3.33. The monoisotopic (exact) mass is 651 g/mol. The molecular weight excluding hydrogens is 630 g/mol. The molecule has 0 atom stereocenters. The van der Waals surface area contributed by atoms with Crippen LogP contribution in [0.4, 0.5) is 0 Å². The van der Waals surface area contributed by atoms with Gasteiger partial charge in [-0.05, 0) is 36.4 Å². The number of hydrogen-bond donors (Lipinski definition) is 0. The molecule has 0 N–H and O–H groups in total. The van der Waals surface area contributed by atoms with E-state index in [-0.39, 0.29) is 27.1 Å². The van der Waals surface area contributed by atoms with Crippen molar-refractivity contribution in [1.29, 1.82) is 0 Å². The van der Waals surface area contributed by atoms with Crippen molar-refractivity contribution in [1.82, 2.24) is 3.97 Å². The van der Waals surface area contributed by atoms with Crippen LogP contribution in [0.25, 0.3) is 12.2 Å². The quantitative estimate of drug-likeness (QED) is 0.102. The third-order valence-electron chi connectivity index (χ3n) is 5.86. The Morgan fingerprint density at radius 1 is 0.632 bits per heavy atom. The first-order valence-corrected chi connectivity index (χ1v) is 15.3. The van der Waals surface area contributed by atoms with Gasteiger partial charge in [-0.2, -0.15) is 0 Å². The molecule has 0 aliphatic rings. The number of allylic oxidation sites excluding steroid dienone is 2. The second-order valence-electron chi connectivity index (χ2n) is 8.20. The van der Waals surface area contributed by atoms with Gasteiger partial charge in [0, 0.05) is 32.9 Å². The lowest BCUT2D eigenvalue weighted by Crippen LogP contribution is -2.17. The topological polar surface area (TPSA) is 73.2 Å². The van der Waals surface area contributed by atoms with Crippen LogP contribution in [0.5, 0.6) is 0 Å². The van der Waals surface area contributed by atoms with Crippen molar-refractivity contribution in [3.05, 3.63) is 137 Å². The minimum absolute atomic E-state index is 0.131. The van der Waals surface area contributed by atoms with Crippen LogP contribution in [0.1, 0.15) is 43.2 Å². The van der Waals surface area contributed by atoms with E-state index < -0.39 is 10.0 Å². The number of benzene rings is 3. The summed E-state index contributed by atoms with van der Waals surface area (Å²) in [5.41, 5.74) is 2.95. The maximum atomic E-state index is 13.8. The molecule has 0 aliphatic heterocycles. The van der Waals surface area contributed by atoms with E-state index in [9.17, 15) is 18.0 Å². The molecule has 1 aromatic heterocycles. The molecule has 5 nitrogen and oxygen atoms in total. The number of hydrogen-bond acceptors (Lipinski definition) is 4. The van der Waals surface area contributed by atoms with Crippen LogP contribution in [-0.4, -0.2) is 24.0 Å². The van der Waals surface area contributed by atoms with E-state index in [1.165, 1.54) is 28.3 Å². The van der Waals surface area contributed by atoms with Crippen LogP contribution in [-0.2, 0) is 20.7 Å². The van der Waals surface area contributed by atoms with Crippen LogP contribution in [0.2, 0.25) is 0 Å². The fourth-order valence-corrected chi connectivity index (χ4v) is 7.08. The van der Waals surface area contributed by atoms with Crippen LogP contribution in [0.15, 0.2) is 108 Å². The molecule has 0 spiro atoms. The predicted octanol–water partition coefficient (Wildman–Crippen LogP) is 7.31. The summed E-state index contributed by atoms with van der Waals surface area (Å²) in [6.07, 6.45) is 6.07. The summed E-state index contributed by atoms with van der Waals surface area (Å²) < 4.78 is 28.9. The highest BCUT2D eigenvalue weighted by Crippen LogP contribution is 2.33. The number of carbonyl (C=O) groups excluding carboxylic acids is 2. The van der Waals surface area contributed by atoms with Crippen LogP contribution >= 0.6 is 31.9 Å². The number of ketones is 2. The van der Waals surface area contributed by atoms with E-state index >= 15 is 0 Å². The van der Waals surface area contributed by atoms with Gasteiger partial charge in [-0.3, -0.25) is 9.59 Å². The van der Waals surface area contributed by atoms with E-state index in [0.29, 0.717) is 33.6 Å². The lowest BCUT2D eigenvalue weighted by atomic mass is 10.0. The molecule has 38 heavy (non-hydrogen) atoms. The summed E-state index contributed by atoms with van der Waals surface area (Å²) in [5, 5.41) is 0.386. The molecule has 192 valence electrons. The predicted molar refractivity (Wildman–Crippen MR) is 158 cm³/mol. The van der Waals surface area contributed by atoms with Crippen molar-refractivity contribution in [3.63, 3.8) is 0 Å². The number of carbonyl (C=O) groups is 2. The number of aromatic nitrogens is 1. The summed E-state index contributed by atoms with van der Waals surface area (Å²) in [6, 6.07) is 25.8. The Balaban J connectivity index is 1.91. The highest BCUT2D eigenvalue weighted by Gasteiger charge is 2.28. The molecule has 4 rings (SSSR count). The fourth-order valence-electron chi connectivity index (χ4n) is 4.02. The Morgan fingerprint density at radius 3 is 1.37 bits per heavy atom. The third kappa shape index (κ3) is 5.88. The minimum Gasteiger partial charge on any atom is -0.289 e. The van der Waals surface area contributed by atoms with Crippen LogP contribution in [0.3, 0.4) is 0 Å². The molecule has 0 unspecified atom stereocenters. The SMILES string of the molecule is O=C(/C=C/c1c(/C=C/C(=O)c2ccccc2)c(CBr)n(S(=O)(=O)c2ccccc2)c1CBr)c1ccccc1. The first-order chi connectivity index (χ1) is 18.4. The Kier molecular flexibility index (Phi) is 9.09. The van der Waals surface area contributed by atoms with E-state index in [2.05, 4.69) is 31.9 Å². The van der Waals surface area contributed by atoms with Gasteiger partial charge in [0.1, 0.15) is 0 Å². The molecule has 0 fully saturated rings. The number of alkyl halides is 2. The zero-order chi connectivity index (χ0) is 27.1. The van der Waals surface area contributed by atoms with Crippen molar-refractivity contribution in [2.45, 2.75) is 15.6 Å². The van der Waals surface area contributed by atoms with Gasteiger partial charge < -0.3 is 0 Å². The van der Waals surface area contributed by atoms with Gasteiger partial charge in [-0.1, -0.05) is 111 Å². The zero-order valence-corrected chi connectivity index (χ0v) is 24.1. The first-order valence-electron chi connectivity index (χ1n) is 11.6. The largest absolute Gasteiger partial charge is 0.289 e. The van der Waals surface area contributed by atoms with Gasteiger partial charge in [0.2, 0.25) is 0 Å². The Morgan fingerprint density at radius 2 is 1.00 bits per heavy atom. The standard InChI is InChI=1S/C30H23Br2NO4S/c31-20-27-25(16-18-29(34)22-10-4-1-5-11-22)26(17-19-30(35)23-12-6-2-7-13-23)28(21-32)33(27)38(36,37)24-14-8-3-9-15-24/h1-19H,20-21H2/b18-16+,19-17+. The maximum absolute atomic E-state index is 13.8. The lowest BCUT2D eigenvalue weighted by molar-refractivity contribution is 0.103. The van der Waals surface area contributed by atoms with Crippen molar-refractivity contribution < 1.29 is 18.0 Å². The van der Waals surface area contributed by atoms with Crippen LogP contribution < -0.4 is 0 Å². The average Bonchev–Trinajstić information content (AvgIpc) is 3.29. The van der Waals surface area contributed by atoms with Crippen molar-refractivity contribution in [3.8, 4) is 0 Å². The van der Waals surface area contributed by atoms with Gasteiger partial charge in [-0.15, -0.1) is 0 Å². The molecule has 1 heterocycles. The van der Waals surface area contributed by atoms with E-state index in [1.807, 2.05) is 12.1 Å². The van der Waals surface area contributed by atoms with E-state index in [1.54, 1.807) is 78.9 Å². The van der Waals surface area contributed by atoms with Gasteiger partial charge in [-0.25, -0.2) is 12.4 Å². The Labute approximate surface area is 238 Å².